The van der Waals surface area contributed by atoms with Crippen LogP contribution in [0.1, 0.15) is 51.4 Å². The summed E-state index contributed by atoms with van der Waals surface area (Å²) >= 11 is 0. The maximum absolute atomic E-state index is 8.76. The predicted octanol–water partition coefficient (Wildman–Crippen LogP) is 4.70. The molecule has 2 rings (SSSR count). The molecule has 4 nitrogen and oxygen atoms in total. The summed E-state index contributed by atoms with van der Waals surface area (Å²) in [4.78, 5) is 0. The molecule has 0 bridgehead atoms. The van der Waals surface area contributed by atoms with E-state index in [4.69, 9.17) is 19.7 Å². The highest BCUT2D eigenvalue weighted by molar-refractivity contribution is 5.85. The smallest absolute Gasteiger partial charge is 0.119 e. The summed E-state index contributed by atoms with van der Waals surface area (Å²) in [5.41, 5.74) is 0. The van der Waals surface area contributed by atoms with Crippen molar-refractivity contribution in [2.45, 2.75) is 51.4 Å². The molecule has 0 spiro atoms. The summed E-state index contributed by atoms with van der Waals surface area (Å²) in [6.45, 7) is 1.99. The van der Waals surface area contributed by atoms with E-state index in [1.54, 1.807) is 0 Å². The summed E-state index contributed by atoms with van der Waals surface area (Å²) in [6.07, 6.45) is 8.09. The molecule has 0 saturated carbocycles. The van der Waals surface area contributed by atoms with E-state index in [2.05, 4.69) is 24.3 Å². The first kappa shape index (κ1) is 20.5. The van der Waals surface area contributed by atoms with Gasteiger partial charge in [0.25, 0.3) is 0 Å². The monoisotopic (exact) mass is 360 g/mol. The van der Waals surface area contributed by atoms with Gasteiger partial charge in [0, 0.05) is 13.2 Å². The molecule has 0 aliphatic heterocycles. The van der Waals surface area contributed by atoms with Gasteiger partial charge in [0.1, 0.15) is 11.5 Å². The van der Waals surface area contributed by atoms with E-state index in [1.165, 1.54) is 0 Å². The molecule has 2 aromatic rings. The minimum Gasteiger partial charge on any atom is -0.494 e. The van der Waals surface area contributed by atoms with Crippen molar-refractivity contribution in [1.82, 2.24) is 0 Å². The second-order valence-electron chi connectivity index (χ2n) is 6.64. The molecule has 0 heterocycles. The number of aliphatic hydroxyl groups excluding tert-OH is 2. The van der Waals surface area contributed by atoms with Gasteiger partial charge in [-0.15, -0.1) is 0 Å². The van der Waals surface area contributed by atoms with Crippen LogP contribution in [0.25, 0.3) is 10.8 Å². The molecule has 0 atom stereocenters. The lowest BCUT2D eigenvalue weighted by atomic mass is 10.1. The van der Waals surface area contributed by atoms with Gasteiger partial charge in [-0.05, 0) is 73.6 Å². The molecular formula is C22H32O4. The number of rotatable bonds is 14. The van der Waals surface area contributed by atoms with Gasteiger partial charge in [0.05, 0.1) is 13.2 Å². The zero-order valence-electron chi connectivity index (χ0n) is 15.7. The highest BCUT2D eigenvalue weighted by atomic mass is 16.5. The number of benzene rings is 2. The van der Waals surface area contributed by atoms with Crippen molar-refractivity contribution in [3.05, 3.63) is 36.4 Å². The second-order valence-corrected chi connectivity index (χ2v) is 6.64. The Labute approximate surface area is 156 Å². The number of unbranched alkanes of at least 4 members (excludes halogenated alkanes) is 6. The normalized spacial score (nSPS) is 11.0. The fourth-order valence-electron chi connectivity index (χ4n) is 2.90. The number of aliphatic hydroxyl groups is 2. The van der Waals surface area contributed by atoms with E-state index in [1.807, 2.05) is 12.1 Å². The highest BCUT2D eigenvalue weighted by Gasteiger charge is 2.01. The average molecular weight is 360 g/mol. The first-order chi connectivity index (χ1) is 12.8. The van der Waals surface area contributed by atoms with Crippen LogP contribution in [0, 0.1) is 0 Å². The van der Waals surface area contributed by atoms with Crippen LogP contribution in [0.4, 0.5) is 0 Å². The van der Waals surface area contributed by atoms with Gasteiger partial charge in [-0.1, -0.05) is 25.0 Å². The largest absolute Gasteiger partial charge is 0.494 e. The van der Waals surface area contributed by atoms with E-state index < -0.39 is 0 Å². The van der Waals surface area contributed by atoms with E-state index in [-0.39, 0.29) is 13.2 Å². The molecule has 2 N–H and O–H groups in total. The maximum atomic E-state index is 8.76. The van der Waals surface area contributed by atoms with Crippen molar-refractivity contribution in [1.29, 1.82) is 0 Å². The van der Waals surface area contributed by atoms with Crippen LogP contribution >= 0.6 is 0 Å². The van der Waals surface area contributed by atoms with E-state index in [0.717, 1.165) is 73.6 Å². The quantitative estimate of drug-likeness (QED) is 0.479. The molecule has 4 heteroatoms. The van der Waals surface area contributed by atoms with Gasteiger partial charge in [0.15, 0.2) is 0 Å². The van der Waals surface area contributed by atoms with Gasteiger partial charge in [0.2, 0.25) is 0 Å². The topological polar surface area (TPSA) is 58.9 Å². The Hall–Kier alpha value is -1.78. The van der Waals surface area contributed by atoms with Crippen molar-refractivity contribution in [2.75, 3.05) is 26.4 Å². The molecule has 0 aromatic heterocycles. The standard InChI is InChI=1S/C22H32O4/c23-13-5-1-3-7-15-25-21-11-9-20-18-22(12-10-19(20)17-21)26-16-8-4-2-6-14-24/h9-12,17-18,23-24H,1-8,13-16H2. The average Bonchev–Trinajstić information content (AvgIpc) is 2.67. The zero-order chi connectivity index (χ0) is 18.5. The summed E-state index contributed by atoms with van der Waals surface area (Å²) in [7, 11) is 0. The Bertz CT molecular complexity index is 571. The van der Waals surface area contributed by atoms with Crippen LogP contribution < -0.4 is 9.47 Å². The van der Waals surface area contributed by atoms with Crippen molar-refractivity contribution in [3.63, 3.8) is 0 Å². The van der Waals surface area contributed by atoms with Gasteiger partial charge in [-0.2, -0.15) is 0 Å². The maximum Gasteiger partial charge on any atom is 0.119 e. The van der Waals surface area contributed by atoms with Crippen LogP contribution in [0.15, 0.2) is 36.4 Å². The minimum absolute atomic E-state index is 0.279. The number of fused-ring (bicyclic) bond motifs is 1. The molecular weight excluding hydrogens is 328 g/mol. The fourth-order valence-corrected chi connectivity index (χ4v) is 2.90. The van der Waals surface area contributed by atoms with Crippen LogP contribution in [-0.4, -0.2) is 36.6 Å². The Kier molecular flexibility index (Phi) is 9.91. The zero-order valence-corrected chi connectivity index (χ0v) is 15.7. The first-order valence-electron chi connectivity index (χ1n) is 9.84. The van der Waals surface area contributed by atoms with Crippen LogP contribution in [0.5, 0.6) is 11.5 Å². The van der Waals surface area contributed by atoms with Gasteiger partial charge in [-0.25, -0.2) is 0 Å². The Balaban J connectivity index is 1.76. The van der Waals surface area contributed by atoms with E-state index in [9.17, 15) is 0 Å². The number of hydrogen-bond acceptors (Lipinski definition) is 4. The lowest BCUT2D eigenvalue weighted by Crippen LogP contribution is -1.98. The Morgan fingerprint density at radius 3 is 1.38 bits per heavy atom. The van der Waals surface area contributed by atoms with Gasteiger partial charge in [-0.3, -0.25) is 0 Å². The van der Waals surface area contributed by atoms with Crippen molar-refractivity contribution >= 4 is 10.8 Å². The predicted molar refractivity (Wildman–Crippen MR) is 106 cm³/mol. The molecule has 26 heavy (non-hydrogen) atoms. The van der Waals surface area contributed by atoms with Crippen LogP contribution in [0.2, 0.25) is 0 Å². The Morgan fingerprint density at radius 1 is 0.538 bits per heavy atom. The van der Waals surface area contributed by atoms with Crippen LogP contribution in [0.3, 0.4) is 0 Å². The first-order valence-corrected chi connectivity index (χ1v) is 9.84. The number of ether oxygens (including phenoxy) is 2. The third kappa shape index (κ3) is 7.63. The SMILES string of the molecule is OCCCCCCOc1ccc2cc(OCCCCCCO)ccc2c1. The third-order valence-corrected chi connectivity index (χ3v) is 4.43. The van der Waals surface area contributed by atoms with Crippen LogP contribution in [-0.2, 0) is 0 Å². The molecule has 0 aliphatic rings. The van der Waals surface area contributed by atoms with E-state index >= 15 is 0 Å². The van der Waals surface area contributed by atoms with E-state index in [0.29, 0.717) is 13.2 Å². The molecule has 0 unspecified atom stereocenters. The molecule has 0 amide bonds. The second kappa shape index (κ2) is 12.6. The summed E-state index contributed by atoms with van der Waals surface area (Å²) < 4.78 is 11.6. The molecule has 0 aliphatic carbocycles. The van der Waals surface area contributed by atoms with Crippen molar-refractivity contribution < 1.29 is 19.7 Å². The number of hydrogen-bond donors (Lipinski definition) is 2. The third-order valence-electron chi connectivity index (χ3n) is 4.43. The lowest BCUT2D eigenvalue weighted by Gasteiger charge is -2.09. The molecule has 0 saturated heterocycles. The van der Waals surface area contributed by atoms with Gasteiger partial charge < -0.3 is 19.7 Å². The fraction of sp³-hybridized carbons (Fsp3) is 0.545. The van der Waals surface area contributed by atoms with Crippen molar-refractivity contribution in [3.8, 4) is 11.5 Å². The van der Waals surface area contributed by atoms with Crippen molar-refractivity contribution in [2.24, 2.45) is 0 Å². The summed E-state index contributed by atoms with van der Waals surface area (Å²) in [6, 6.07) is 12.3. The minimum atomic E-state index is 0.279. The van der Waals surface area contributed by atoms with Gasteiger partial charge >= 0.3 is 0 Å². The Morgan fingerprint density at radius 2 is 0.962 bits per heavy atom. The highest BCUT2D eigenvalue weighted by Crippen LogP contribution is 2.25. The molecule has 144 valence electrons. The summed E-state index contributed by atoms with van der Waals surface area (Å²) in [5.74, 6) is 1.80. The molecule has 0 radical (unpaired) electrons. The molecule has 0 fully saturated rings. The molecule has 2 aromatic carbocycles. The summed E-state index contributed by atoms with van der Waals surface area (Å²) in [5, 5.41) is 19.8. The lowest BCUT2D eigenvalue weighted by molar-refractivity contribution is 0.273.